The Morgan fingerprint density at radius 1 is 1.10 bits per heavy atom. The molecule has 1 unspecified atom stereocenters. The third-order valence-electron chi connectivity index (χ3n) is 4.07. The minimum absolute atomic E-state index is 0.184. The molecule has 2 rings (SSSR count). The predicted molar refractivity (Wildman–Crippen MR) is 71.5 cm³/mol. The minimum atomic E-state index is -3.37. The summed E-state index contributed by atoms with van der Waals surface area (Å²) in [6.07, 6.45) is 3.23. The van der Waals surface area contributed by atoms with E-state index >= 15 is 0 Å². The highest BCUT2D eigenvalue weighted by Gasteiger charge is 2.39. The molecule has 114 valence electrons. The first-order valence-corrected chi connectivity index (χ1v) is 8.64. The summed E-state index contributed by atoms with van der Waals surface area (Å²) in [5, 5.41) is 8.93. The molecule has 0 spiro atoms. The molecule has 0 aromatic heterocycles. The second kappa shape index (κ2) is 5.69. The molecular weight excluding hydrogens is 284 g/mol. The number of hydrogen-bond donors (Lipinski definition) is 1. The van der Waals surface area contributed by atoms with Gasteiger partial charge >= 0.3 is 5.97 Å². The number of amides is 1. The summed E-state index contributed by atoms with van der Waals surface area (Å²) >= 11 is 0. The molecule has 2 aliphatic heterocycles. The molecule has 0 radical (unpaired) electrons. The number of carboxylic acids is 1. The second-order valence-electron chi connectivity index (χ2n) is 5.47. The van der Waals surface area contributed by atoms with E-state index in [1.54, 1.807) is 4.90 Å². The van der Waals surface area contributed by atoms with E-state index in [0.29, 0.717) is 45.3 Å². The van der Waals surface area contributed by atoms with Crippen LogP contribution in [-0.4, -0.2) is 66.5 Å². The lowest BCUT2D eigenvalue weighted by Gasteiger charge is -2.33. The average molecular weight is 304 g/mol. The maximum absolute atomic E-state index is 12.4. The van der Waals surface area contributed by atoms with Crippen LogP contribution < -0.4 is 0 Å². The maximum atomic E-state index is 12.4. The highest BCUT2D eigenvalue weighted by atomic mass is 32.2. The number of aliphatic carboxylic acids is 1. The van der Waals surface area contributed by atoms with Crippen LogP contribution in [0.3, 0.4) is 0 Å². The van der Waals surface area contributed by atoms with Crippen LogP contribution in [0.5, 0.6) is 0 Å². The van der Waals surface area contributed by atoms with Gasteiger partial charge in [-0.1, -0.05) is 0 Å². The Bertz CT molecular complexity index is 496. The third-order valence-corrected chi connectivity index (χ3v) is 5.36. The molecule has 1 N–H and O–H groups in total. The third kappa shape index (κ3) is 3.12. The normalized spacial score (nSPS) is 25.9. The van der Waals surface area contributed by atoms with Gasteiger partial charge in [0.15, 0.2) is 0 Å². The van der Waals surface area contributed by atoms with Crippen LogP contribution in [0, 0.1) is 5.92 Å². The van der Waals surface area contributed by atoms with E-state index in [1.807, 2.05) is 0 Å². The number of likely N-dealkylation sites (tertiary alicyclic amines) is 1. The van der Waals surface area contributed by atoms with Gasteiger partial charge in [-0.25, -0.2) is 8.42 Å². The second-order valence-corrected chi connectivity index (χ2v) is 7.40. The van der Waals surface area contributed by atoms with Gasteiger partial charge in [0.2, 0.25) is 15.9 Å². The smallest absolute Gasteiger partial charge is 0.306 e. The fourth-order valence-electron chi connectivity index (χ4n) is 2.94. The topological polar surface area (TPSA) is 95.0 Å². The van der Waals surface area contributed by atoms with Crippen molar-refractivity contribution in [3.8, 4) is 0 Å². The molecule has 1 amide bonds. The van der Waals surface area contributed by atoms with Crippen LogP contribution in [-0.2, 0) is 19.6 Å². The summed E-state index contributed by atoms with van der Waals surface area (Å²) in [5.41, 5.74) is 0. The van der Waals surface area contributed by atoms with Gasteiger partial charge in [-0.2, -0.15) is 4.31 Å². The van der Waals surface area contributed by atoms with Crippen LogP contribution in [0.2, 0.25) is 0 Å². The zero-order valence-corrected chi connectivity index (χ0v) is 12.3. The van der Waals surface area contributed by atoms with Crippen molar-refractivity contribution in [1.29, 1.82) is 0 Å². The standard InChI is InChI=1S/C12H20N2O5S/c1-20(18,19)14-6-2-3-10(14)11(15)13-7-4-9(5-8-13)12(16)17/h9-10H,2-8H2,1H3,(H,16,17). The lowest BCUT2D eigenvalue weighted by molar-refractivity contribution is -0.146. The number of sulfonamides is 1. The van der Waals surface area contributed by atoms with Gasteiger partial charge in [0.25, 0.3) is 0 Å². The Labute approximate surface area is 118 Å². The number of hydrogen-bond acceptors (Lipinski definition) is 4. The Kier molecular flexibility index (Phi) is 4.33. The summed E-state index contributed by atoms with van der Waals surface area (Å²) in [4.78, 5) is 24.9. The molecule has 8 heteroatoms. The van der Waals surface area contributed by atoms with E-state index in [9.17, 15) is 18.0 Å². The van der Waals surface area contributed by atoms with Crippen molar-refractivity contribution in [2.45, 2.75) is 31.7 Å². The maximum Gasteiger partial charge on any atom is 0.306 e. The quantitative estimate of drug-likeness (QED) is 0.774. The Hall–Kier alpha value is -1.15. The van der Waals surface area contributed by atoms with Gasteiger partial charge in [0.1, 0.15) is 6.04 Å². The summed E-state index contributed by atoms with van der Waals surface area (Å²) < 4.78 is 24.6. The van der Waals surface area contributed by atoms with Gasteiger partial charge < -0.3 is 10.0 Å². The number of carboxylic acid groups (broad SMARTS) is 1. The molecule has 0 bridgehead atoms. The van der Waals surface area contributed by atoms with Crippen molar-refractivity contribution in [3.05, 3.63) is 0 Å². The average Bonchev–Trinajstić information content (AvgIpc) is 2.87. The van der Waals surface area contributed by atoms with E-state index in [0.717, 1.165) is 6.26 Å². The first kappa shape index (κ1) is 15.2. The molecule has 7 nitrogen and oxygen atoms in total. The van der Waals surface area contributed by atoms with Crippen molar-refractivity contribution >= 4 is 21.9 Å². The minimum Gasteiger partial charge on any atom is -0.481 e. The molecule has 2 fully saturated rings. The molecule has 2 heterocycles. The van der Waals surface area contributed by atoms with E-state index in [1.165, 1.54) is 4.31 Å². The van der Waals surface area contributed by atoms with Gasteiger partial charge in [0.05, 0.1) is 12.2 Å². The van der Waals surface area contributed by atoms with Crippen LogP contribution in [0.15, 0.2) is 0 Å². The first-order chi connectivity index (χ1) is 9.30. The van der Waals surface area contributed by atoms with Crippen molar-refractivity contribution < 1.29 is 23.1 Å². The first-order valence-electron chi connectivity index (χ1n) is 6.79. The zero-order chi connectivity index (χ0) is 14.9. The molecule has 1 atom stereocenters. The van der Waals surface area contributed by atoms with Gasteiger partial charge in [-0.15, -0.1) is 0 Å². The molecule has 0 aromatic carbocycles. The monoisotopic (exact) mass is 304 g/mol. The molecular formula is C12H20N2O5S. The molecule has 2 aliphatic rings. The van der Waals surface area contributed by atoms with Crippen LogP contribution in [0.4, 0.5) is 0 Å². The van der Waals surface area contributed by atoms with Crippen LogP contribution in [0.25, 0.3) is 0 Å². The lowest BCUT2D eigenvalue weighted by atomic mass is 9.96. The summed E-state index contributed by atoms with van der Waals surface area (Å²) in [6, 6.07) is -0.605. The van der Waals surface area contributed by atoms with Crippen LogP contribution in [0.1, 0.15) is 25.7 Å². The predicted octanol–water partition coefficient (Wildman–Crippen LogP) is -0.266. The van der Waals surface area contributed by atoms with E-state index in [-0.39, 0.29) is 5.91 Å². The van der Waals surface area contributed by atoms with E-state index in [4.69, 9.17) is 5.11 Å². The highest BCUT2D eigenvalue weighted by Crippen LogP contribution is 2.25. The number of piperidine rings is 1. The number of carbonyl (C=O) groups excluding carboxylic acids is 1. The molecule has 20 heavy (non-hydrogen) atoms. The number of carbonyl (C=O) groups is 2. The highest BCUT2D eigenvalue weighted by molar-refractivity contribution is 7.88. The molecule has 0 saturated carbocycles. The molecule has 0 aliphatic carbocycles. The van der Waals surface area contributed by atoms with Gasteiger partial charge in [-0.05, 0) is 25.7 Å². The number of nitrogens with zero attached hydrogens (tertiary/aromatic N) is 2. The van der Waals surface area contributed by atoms with Gasteiger partial charge in [-0.3, -0.25) is 9.59 Å². The fourth-order valence-corrected chi connectivity index (χ4v) is 4.06. The summed E-state index contributed by atoms with van der Waals surface area (Å²) in [5.74, 6) is -1.40. The Balaban J connectivity index is 2.00. The lowest BCUT2D eigenvalue weighted by Crippen LogP contribution is -2.50. The van der Waals surface area contributed by atoms with Crippen molar-refractivity contribution in [1.82, 2.24) is 9.21 Å². The fraction of sp³-hybridized carbons (Fsp3) is 0.833. The summed E-state index contributed by atoms with van der Waals surface area (Å²) in [7, 11) is -3.37. The summed E-state index contributed by atoms with van der Waals surface area (Å²) in [6.45, 7) is 1.18. The van der Waals surface area contributed by atoms with Gasteiger partial charge in [0, 0.05) is 19.6 Å². The SMILES string of the molecule is CS(=O)(=O)N1CCCC1C(=O)N1CCC(C(=O)O)CC1. The Morgan fingerprint density at radius 3 is 2.20 bits per heavy atom. The van der Waals surface area contributed by atoms with Crippen molar-refractivity contribution in [3.63, 3.8) is 0 Å². The largest absolute Gasteiger partial charge is 0.481 e. The van der Waals surface area contributed by atoms with E-state index in [2.05, 4.69) is 0 Å². The van der Waals surface area contributed by atoms with E-state index < -0.39 is 28.0 Å². The zero-order valence-electron chi connectivity index (χ0n) is 11.5. The van der Waals surface area contributed by atoms with Crippen LogP contribution >= 0.6 is 0 Å². The van der Waals surface area contributed by atoms with Crippen molar-refractivity contribution in [2.24, 2.45) is 5.92 Å². The molecule has 0 aromatic rings. The number of rotatable bonds is 3. The van der Waals surface area contributed by atoms with Crippen molar-refractivity contribution in [2.75, 3.05) is 25.9 Å². The Morgan fingerprint density at radius 2 is 1.70 bits per heavy atom. The molecule has 2 saturated heterocycles.